The smallest absolute Gasteiger partial charge is 0.138 e. The zero-order chi connectivity index (χ0) is 22.3. The van der Waals surface area contributed by atoms with E-state index in [-0.39, 0.29) is 25.6 Å². The monoisotopic (exact) mass is 474 g/mol. The molecule has 3 N–H and O–H groups in total. The van der Waals surface area contributed by atoms with Crippen molar-refractivity contribution in [1.82, 2.24) is 4.98 Å². The van der Waals surface area contributed by atoms with Crippen LogP contribution in [-0.2, 0) is 10.3 Å². The number of hydrogen-bond acceptors (Lipinski definition) is 6. The number of pyridine rings is 1. The SMILES string of the molecule is CC1(c2cc(Nc3cc(F)cc4cc(OCC5CC5)cnc34)ccc2F)COCC(N)=N1.Cl. The first kappa shape index (κ1) is 23.2. The Bertz CT molecular complexity index is 1220. The molecule has 1 atom stereocenters. The van der Waals surface area contributed by atoms with Gasteiger partial charge in [0, 0.05) is 16.6 Å². The molecule has 1 fully saturated rings. The molecule has 0 radical (unpaired) electrons. The highest BCUT2D eigenvalue weighted by Crippen LogP contribution is 2.35. The molecule has 0 bridgehead atoms. The van der Waals surface area contributed by atoms with Gasteiger partial charge in [-0.05, 0) is 62.1 Å². The number of nitrogens with two attached hydrogens (primary N) is 1. The molecule has 2 heterocycles. The van der Waals surface area contributed by atoms with Crippen molar-refractivity contribution in [2.45, 2.75) is 25.3 Å². The molecule has 0 amide bonds. The summed E-state index contributed by atoms with van der Waals surface area (Å²) in [6.45, 7) is 2.86. The molecule has 1 aliphatic heterocycles. The predicted molar refractivity (Wildman–Crippen MR) is 127 cm³/mol. The van der Waals surface area contributed by atoms with Gasteiger partial charge < -0.3 is 20.5 Å². The van der Waals surface area contributed by atoms with Crippen LogP contribution >= 0.6 is 12.4 Å². The molecule has 3 aromatic rings. The quantitative estimate of drug-likeness (QED) is 0.521. The van der Waals surface area contributed by atoms with Crippen molar-refractivity contribution < 1.29 is 18.3 Å². The van der Waals surface area contributed by atoms with E-state index in [9.17, 15) is 8.78 Å². The number of amidine groups is 1. The van der Waals surface area contributed by atoms with E-state index in [4.69, 9.17) is 15.2 Å². The molecular formula is C24H25ClF2N4O2. The fourth-order valence-electron chi connectivity index (χ4n) is 3.91. The molecule has 6 nitrogen and oxygen atoms in total. The maximum atomic E-state index is 14.7. The Balaban J connectivity index is 0.00000259. The number of nitrogens with zero attached hydrogens (tertiary/aromatic N) is 2. The topological polar surface area (TPSA) is 81.8 Å². The van der Waals surface area contributed by atoms with E-state index in [1.807, 2.05) is 0 Å². The van der Waals surface area contributed by atoms with Gasteiger partial charge in [-0.3, -0.25) is 9.98 Å². The van der Waals surface area contributed by atoms with Crippen molar-refractivity contribution in [2.75, 3.05) is 25.1 Å². The summed E-state index contributed by atoms with van der Waals surface area (Å²) in [5, 5.41) is 3.79. The third kappa shape index (κ3) is 5.02. The molecule has 9 heteroatoms. The second kappa shape index (κ2) is 9.11. The molecular weight excluding hydrogens is 450 g/mol. The van der Waals surface area contributed by atoms with Crippen molar-refractivity contribution in [3.8, 4) is 5.75 Å². The van der Waals surface area contributed by atoms with Gasteiger partial charge in [0.25, 0.3) is 0 Å². The van der Waals surface area contributed by atoms with Crippen molar-refractivity contribution in [2.24, 2.45) is 16.6 Å². The Hall–Kier alpha value is -2.97. The maximum absolute atomic E-state index is 14.7. The fourth-order valence-corrected chi connectivity index (χ4v) is 3.91. The minimum absolute atomic E-state index is 0. The zero-order valence-corrected chi connectivity index (χ0v) is 18.9. The Kier molecular flexibility index (Phi) is 6.41. The third-order valence-electron chi connectivity index (χ3n) is 5.75. The zero-order valence-electron chi connectivity index (χ0n) is 18.1. The fraction of sp³-hybridized carbons (Fsp3) is 0.333. The first-order valence-corrected chi connectivity index (χ1v) is 10.6. The summed E-state index contributed by atoms with van der Waals surface area (Å²) in [6.07, 6.45) is 4.01. The minimum Gasteiger partial charge on any atom is -0.492 e. The van der Waals surface area contributed by atoms with Gasteiger partial charge in [-0.15, -0.1) is 12.4 Å². The molecule has 2 aliphatic rings. The molecule has 0 spiro atoms. The Morgan fingerprint density at radius 3 is 2.79 bits per heavy atom. The highest BCUT2D eigenvalue weighted by Gasteiger charge is 2.33. The number of anilines is 2. The summed E-state index contributed by atoms with van der Waals surface area (Å²) in [6, 6.07) is 9.15. The molecule has 1 unspecified atom stereocenters. The highest BCUT2D eigenvalue weighted by molar-refractivity contribution is 5.93. The number of halogens is 3. The van der Waals surface area contributed by atoms with E-state index in [1.54, 1.807) is 31.3 Å². The van der Waals surface area contributed by atoms with Crippen LogP contribution in [0.4, 0.5) is 20.2 Å². The van der Waals surface area contributed by atoms with Crippen molar-refractivity contribution in [3.05, 3.63) is 59.8 Å². The van der Waals surface area contributed by atoms with Crippen LogP contribution in [0.2, 0.25) is 0 Å². The molecule has 1 saturated carbocycles. The number of benzene rings is 2. The third-order valence-corrected chi connectivity index (χ3v) is 5.75. The van der Waals surface area contributed by atoms with Crippen LogP contribution in [-0.4, -0.2) is 30.6 Å². The number of rotatable bonds is 6. The standard InChI is InChI=1S/C24H24F2N4O2.ClH/c1-24(13-31-12-22(27)30-24)19-9-17(4-5-20(19)26)29-21-8-16(25)6-15-7-18(10-28-23(15)21)32-11-14-2-3-14;/h4-10,14,29H,2-3,11-13H2,1H3,(H2,27,30);1H. The first-order chi connectivity index (χ1) is 15.4. The van der Waals surface area contributed by atoms with E-state index in [0.29, 0.717) is 52.0 Å². The number of aromatic nitrogens is 1. The van der Waals surface area contributed by atoms with Crippen LogP contribution in [0, 0.1) is 17.6 Å². The Labute approximate surface area is 196 Å². The molecule has 5 rings (SSSR count). The van der Waals surface area contributed by atoms with Crippen LogP contribution in [0.5, 0.6) is 5.75 Å². The van der Waals surface area contributed by atoms with Crippen molar-refractivity contribution >= 4 is 40.5 Å². The van der Waals surface area contributed by atoms with E-state index in [0.717, 1.165) is 0 Å². The second-order valence-corrected chi connectivity index (χ2v) is 8.64. The first-order valence-electron chi connectivity index (χ1n) is 10.6. The molecule has 1 aliphatic carbocycles. The Morgan fingerprint density at radius 2 is 2.03 bits per heavy atom. The summed E-state index contributed by atoms with van der Waals surface area (Å²) in [5.74, 6) is 0.717. The molecule has 33 heavy (non-hydrogen) atoms. The lowest BCUT2D eigenvalue weighted by molar-refractivity contribution is 0.104. The number of nitrogens with one attached hydrogen (secondary N) is 1. The average Bonchev–Trinajstić information content (AvgIpc) is 3.57. The van der Waals surface area contributed by atoms with Crippen LogP contribution in [0.15, 0.2) is 47.6 Å². The normalized spacial score (nSPS) is 20.2. The van der Waals surface area contributed by atoms with Crippen LogP contribution < -0.4 is 15.8 Å². The van der Waals surface area contributed by atoms with Gasteiger partial charge >= 0.3 is 0 Å². The van der Waals surface area contributed by atoms with E-state index < -0.39 is 17.2 Å². The molecule has 2 aromatic carbocycles. The summed E-state index contributed by atoms with van der Waals surface area (Å²) in [7, 11) is 0. The van der Waals surface area contributed by atoms with E-state index in [2.05, 4.69) is 15.3 Å². The van der Waals surface area contributed by atoms with Crippen molar-refractivity contribution in [1.29, 1.82) is 0 Å². The van der Waals surface area contributed by atoms with Gasteiger partial charge in [0.1, 0.15) is 35.4 Å². The lowest BCUT2D eigenvalue weighted by Gasteiger charge is -2.30. The average molecular weight is 475 g/mol. The minimum atomic E-state index is -0.944. The summed E-state index contributed by atoms with van der Waals surface area (Å²) < 4.78 is 40.3. The van der Waals surface area contributed by atoms with Gasteiger partial charge in [-0.2, -0.15) is 0 Å². The molecule has 1 aromatic heterocycles. The van der Waals surface area contributed by atoms with Crippen molar-refractivity contribution in [3.63, 3.8) is 0 Å². The maximum Gasteiger partial charge on any atom is 0.138 e. The van der Waals surface area contributed by atoms with Crippen LogP contribution in [0.25, 0.3) is 10.9 Å². The van der Waals surface area contributed by atoms with Crippen LogP contribution in [0.1, 0.15) is 25.3 Å². The highest BCUT2D eigenvalue weighted by atomic mass is 35.5. The van der Waals surface area contributed by atoms with E-state index >= 15 is 0 Å². The van der Waals surface area contributed by atoms with Gasteiger partial charge in [0.2, 0.25) is 0 Å². The Morgan fingerprint density at radius 1 is 1.21 bits per heavy atom. The number of fused-ring (bicyclic) bond motifs is 1. The molecule has 0 saturated heterocycles. The lowest BCUT2D eigenvalue weighted by Crippen LogP contribution is -2.38. The summed E-state index contributed by atoms with van der Waals surface area (Å²) >= 11 is 0. The summed E-state index contributed by atoms with van der Waals surface area (Å²) in [4.78, 5) is 8.90. The van der Waals surface area contributed by atoms with Gasteiger partial charge in [-0.1, -0.05) is 0 Å². The number of ether oxygens (including phenoxy) is 2. The van der Waals surface area contributed by atoms with Gasteiger partial charge in [0.05, 0.1) is 30.6 Å². The second-order valence-electron chi connectivity index (χ2n) is 8.64. The predicted octanol–water partition coefficient (Wildman–Crippen LogP) is 5.07. The number of hydrogen-bond donors (Lipinski definition) is 2. The van der Waals surface area contributed by atoms with Gasteiger partial charge in [-0.25, -0.2) is 8.78 Å². The summed E-state index contributed by atoms with van der Waals surface area (Å²) in [5.41, 5.74) is 6.85. The van der Waals surface area contributed by atoms with Crippen LogP contribution in [0.3, 0.4) is 0 Å². The molecule has 174 valence electrons. The number of aliphatic imine (C=N–C) groups is 1. The van der Waals surface area contributed by atoms with Gasteiger partial charge in [0.15, 0.2) is 0 Å². The largest absolute Gasteiger partial charge is 0.492 e. The lowest BCUT2D eigenvalue weighted by atomic mass is 9.91. The van der Waals surface area contributed by atoms with E-state index in [1.165, 1.54) is 31.0 Å².